The maximum absolute atomic E-state index is 12.1. The molecule has 3 nitrogen and oxygen atoms in total. The first-order valence-corrected chi connectivity index (χ1v) is 9.50. The van der Waals surface area contributed by atoms with Gasteiger partial charge in [0.1, 0.15) is 0 Å². The normalized spacial score (nSPS) is 17.9. The third-order valence-corrected chi connectivity index (χ3v) is 5.49. The zero-order valence-electron chi connectivity index (χ0n) is 14.7. The van der Waals surface area contributed by atoms with Gasteiger partial charge in [-0.1, -0.05) is 54.4 Å². The van der Waals surface area contributed by atoms with Crippen molar-refractivity contribution in [3.8, 4) is 0 Å². The number of aromatic nitrogens is 1. The van der Waals surface area contributed by atoms with Gasteiger partial charge in [-0.25, -0.2) is 9.78 Å². The number of halogens is 2. The van der Waals surface area contributed by atoms with Crippen LogP contribution in [0.5, 0.6) is 0 Å². The van der Waals surface area contributed by atoms with Gasteiger partial charge in [0, 0.05) is 15.4 Å². The molecule has 0 spiro atoms. The molecule has 1 N–H and O–H groups in total. The van der Waals surface area contributed by atoms with E-state index in [9.17, 15) is 9.90 Å². The van der Waals surface area contributed by atoms with E-state index < -0.39 is 5.97 Å². The van der Waals surface area contributed by atoms with E-state index in [1.165, 1.54) is 0 Å². The lowest BCUT2D eigenvalue weighted by atomic mass is 9.80. The quantitative estimate of drug-likeness (QED) is 0.546. The molecule has 5 heteroatoms. The molecule has 1 aliphatic rings. The first kappa shape index (κ1) is 18.0. The lowest BCUT2D eigenvalue weighted by Gasteiger charge is -2.26. The van der Waals surface area contributed by atoms with Crippen molar-refractivity contribution in [2.24, 2.45) is 5.92 Å². The van der Waals surface area contributed by atoms with E-state index >= 15 is 0 Å². The second-order valence-corrected chi connectivity index (χ2v) is 7.83. The Morgan fingerprint density at radius 1 is 1.19 bits per heavy atom. The summed E-state index contributed by atoms with van der Waals surface area (Å²) in [6.45, 7) is 2.13. The van der Waals surface area contributed by atoms with Crippen LogP contribution in [-0.2, 0) is 6.42 Å². The van der Waals surface area contributed by atoms with Crippen molar-refractivity contribution in [2.45, 2.75) is 19.8 Å². The monoisotopic (exact) mass is 397 g/mol. The first-order valence-electron chi connectivity index (χ1n) is 8.75. The van der Waals surface area contributed by atoms with E-state index in [1.54, 1.807) is 12.1 Å². The third-order valence-electron chi connectivity index (χ3n) is 4.92. The predicted octanol–water partition coefficient (Wildman–Crippen LogP) is 6.36. The number of carboxylic acids is 1. The predicted molar refractivity (Wildman–Crippen MR) is 111 cm³/mol. The van der Waals surface area contributed by atoms with Crippen molar-refractivity contribution in [2.75, 3.05) is 0 Å². The van der Waals surface area contributed by atoms with Gasteiger partial charge in [-0.05, 0) is 59.7 Å². The molecule has 27 heavy (non-hydrogen) atoms. The van der Waals surface area contributed by atoms with Gasteiger partial charge in [-0.2, -0.15) is 0 Å². The number of rotatable bonds is 2. The number of pyridine rings is 1. The number of carboxylic acid groups (broad SMARTS) is 1. The van der Waals surface area contributed by atoms with E-state index in [0.717, 1.165) is 28.8 Å². The number of fused-ring (bicyclic) bond motifs is 2. The maximum atomic E-state index is 12.1. The molecule has 136 valence electrons. The minimum atomic E-state index is -0.914. The van der Waals surface area contributed by atoms with Crippen LogP contribution in [0, 0.1) is 5.92 Å². The molecule has 1 aliphatic carbocycles. The second-order valence-electron chi connectivity index (χ2n) is 6.99. The Kier molecular flexibility index (Phi) is 4.67. The average Bonchev–Trinajstić information content (AvgIpc) is 2.62. The number of aromatic carboxylic acids is 1. The average molecular weight is 398 g/mol. The minimum Gasteiger partial charge on any atom is -0.478 e. The highest BCUT2D eigenvalue weighted by Gasteiger charge is 2.28. The number of carbonyl (C=O) groups is 1. The molecule has 1 unspecified atom stereocenters. The topological polar surface area (TPSA) is 50.2 Å². The largest absolute Gasteiger partial charge is 0.478 e. The Morgan fingerprint density at radius 3 is 2.70 bits per heavy atom. The molecule has 4 rings (SSSR count). The molecule has 0 bridgehead atoms. The van der Waals surface area contributed by atoms with Crippen molar-refractivity contribution in [1.29, 1.82) is 0 Å². The van der Waals surface area contributed by atoms with E-state index in [1.807, 2.05) is 36.4 Å². The number of allylic oxidation sites excluding steroid dienone is 1. The van der Waals surface area contributed by atoms with Crippen molar-refractivity contribution >= 4 is 51.7 Å². The number of para-hydroxylation sites is 1. The van der Waals surface area contributed by atoms with Gasteiger partial charge in [0.15, 0.2) is 0 Å². The molecule has 0 saturated heterocycles. The van der Waals surface area contributed by atoms with Crippen molar-refractivity contribution in [3.05, 3.63) is 74.9 Å². The lowest BCUT2D eigenvalue weighted by molar-refractivity contribution is 0.0697. The Labute approximate surface area is 167 Å². The van der Waals surface area contributed by atoms with Crippen molar-refractivity contribution in [3.63, 3.8) is 0 Å². The molecule has 1 heterocycles. The first-order chi connectivity index (χ1) is 12.9. The summed E-state index contributed by atoms with van der Waals surface area (Å²) in [5.41, 5.74) is 4.46. The molecule has 0 radical (unpaired) electrons. The van der Waals surface area contributed by atoms with Crippen LogP contribution < -0.4 is 0 Å². The fraction of sp³-hybridized carbons (Fsp3) is 0.182. The highest BCUT2D eigenvalue weighted by Crippen LogP contribution is 2.39. The van der Waals surface area contributed by atoms with Crippen LogP contribution in [0.15, 0.2) is 42.5 Å². The smallest absolute Gasteiger partial charge is 0.336 e. The van der Waals surface area contributed by atoms with Gasteiger partial charge >= 0.3 is 5.97 Å². The Morgan fingerprint density at radius 2 is 1.96 bits per heavy atom. The molecular weight excluding hydrogens is 381 g/mol. The van der Waals surface area contributed by atoms with Gasteiger partial charge in [0.2, 0.25) is 0 Å². The summed E-state index contributed by atoms with van der Waals surface area (Å²) in [5.74, 6) is -0.598. The molecule has 0 fully saturated rings. The maximum Gasteiger partial charge on any atom is 0.336 e. The summed E-state index contributed by atoms with van der Waals surface area (Å²) in [6.07, 6.45) is 3.51. The van der Waals surface area contributed by atoms with E-state index in [4.69, 9.17) is 28.2 Å². The second kappa shape index (κ2) is 6.99. The standard InChI is InChI=1S/C22H17Cl2NO2/c1-12-8-14(10-13-6-7-15(23)11-18(13)24)21-17(9-12)20(22(26)27)16-4-2-3-5-19(16)25-21/h2-7,10-12H,8-9H2,1H3,(H,26,27)/b14-10-. The summed E-state index contributed by atoms with van der Waals surface area (Å²) in [4.78, 5) is 16.9. The number of hydrogen-bond acceptors (Lipinski definition) is 2. The lowest BCUT2D eigenvalue weighted by Crippen LogP contribution is -2.17. The SMILES string of the molecule is CC1C/C(=C/c2ccc(Cl)cc2Cl)c2nc3ccccc3c(C(=O)O)c2C1. The Bertz CT molecular complexity index is 1100. The van der Waals surface area contributed by atoms with Crippen LogP contribution in [0.25, 0.3) is 22.6 Å². The molecule has 1 atom stereocenters. The fourth-order valence-corrected chi connectivity index (χ4v) is 4.25. The molecule has 0 aliphatic heterocycles. The van der Waals surface area contributed by atoms with Crippen molar-refractivity contribution in [1.82, 2.24) is 4.98 Å². The van der Waals surface area contributed by atoms with Crippen LogP contribution in [-0.4, -0.2) is 16.1 Å². The van der Waals surface area contributed by atoms with E-state index in [2.05, 4.69) is 6.92 Å². The summed E-state index contributed by atoms with van der Waals surface area (Å²) in [5, 5.41) is 11.7. The highest BCUT2D eigenvalue weighted by molar-refractivity contribution is 6.35. The Balaban J connectivity index is 1.99. The number of nitrogens with zero attached hydrogens (tertiary/aromatic N) is 1. The van der Waals surface area contributed by atoms with Crippen LogP contribution in [0.2, 0.25) is 10.0 Å². The molecule has 0 amide bonds. The fourth-order valence-electron chi connectivity index (χ4n) is 3.79. The molecule has 3 aromatic rings. The summed E-state index contributed by atoms with van der Waals surface area (Å²) >= 11 is 12.3. The molecule has 0 saturated carbocycles. The molecule has 2 aromatic carbocycles. The van der Waals surface area contributed by atoms with Crippen LogP contribution >= 0.6 is 23.2 Å². The zero-order chi connectivity index (χ0) is 19.1. The Hall–Kier alpha value is -2.36. The number of hydrogen-bond donors (Lipinski definition) is 1. The summed E-state index contributed by atoms with van der Waals surface area (Å²) < 4.78 is 0. The number of benzene rings is 2. The molecule has 1 aromatic heterocycles. The summed E-state index contributed by atoms with van der Waals surface area (Å²) in [7, 11) is 0. The van der Waals surface area contributed by atoms with Crippen molar-refractivity contribution < 1.29 is 9.90 Å². The molecular formula is C22H17Cl2NO2. The van der Waals surface area contributed by atoms with E-state index in [0.29, 0.717) is 38.9 Å². The minimum absolute atomic E-state index is 0.316. The van der Waals surface area contributed by atoms with E-state index in [-0.39, 0.29) is 0 Å². The van der Waals surface area contributed by atoms with Gasteiger partial charge < -0.3 is 5.11 Å². The third kappa shape index (κ3) is 3.33. The van der Waals surface area contributed by atoms with Crippen LogP contribution in [0.4, 0.5) is 0 Å². The van der Waals surface area contributed by atoms with Gasteiger partial charge in [0.05, 0.1) is 16.8 Å². The summed E-state index contributed by atoms with van der Waals surface area (Å²) in [6, 6.07) is 12.8. The highest BCUT2D eigenvalue weighted by atomic mass is 35.5. The van der Waals surface area contributed by atoms with Crippen LogP contribution in [0.1, 0.15) is 40.5 Å². The van der Waals surface area contributed by atoms with Crippen LogP contribution in [0.3, 0.4) is 0 Å². The zero-order valence-corrected chi connectivity index (χ0v) is 16.2. The van der Waals surface area contributed by atoms with Gasteiger partial charge in [0.25, 0.3) is 0 Å². The van der Waals surface area contributed by atoms with Gasteiger partial charge in [-0.3, -0.25) is 0 Å². The van der Waals surface area contributed by atoms with Gasteiger partial charge in [-0.15, -0.1) is 0 Å².